The van der Waals surface area contributed by atoms with E-state index in [2.05, 4.69) is 11.1 Å². The van der Waals surface area contributed by atoms with Gasteiger partial charge in [0.2, 0.25) is 0 Å². The fourth-order valence-corrected chi connectivity index (χ4v) is 0.925. The summed E-state index contributed by atoms with van der Waals surface area (Å²) in [5, 5.41) is 0. The first-order valence-electron chi connectivity index (χ1n) is 2.72. The third-order valence-corrected chi connectivity index (χ3v) is 1.56. The predicted octanol–water partition coefficient (Wildman–Crippen LogP) is 1.02. The highest BCUT2D eigenvalue weighted by Crippen LogP contribution is 1.97. The molecule has 0 aliphatic rings. The summed E-state index contributed by atoms with van der Waals surface area (Å²) < 4.78 is 0. The Morgan fingerprint density at radius 2 is 2.25 bits per heavy atom. The van der Waals surface area contributed by atoms with Crippen molar-refractivity contribution in [3.8, 4) is 0 Å². The highest BCUT2D eigenvalue weighted by molar-refractivity contribution is 7.98. The molecule has 50 valence electrons. The number of rotatable bonds is 5. The van der Waals surface area contributed by atoms with Crippen LogP contribution in [0.4, 0.5) is 0 Å². The maximum absolute atomic E-state index is 4.80. The minimum absolute atomic E-state index is 0.695. The Morgan fingerprint density at radius 3 is 2.75 bits per heavy atom. The molecule has 0 spiro atoms. The van der Waals surface area contributed by atoms with Gasteiger partial charge in [-0.3, -0.25) is 0 Å². The number of nitrogens with two attached hydrogens (primary N) is 1. The lowest BCUT2D eigenvalue weighted by molar-refractivity contribution is 0.135. The van der Waals surface area contributed by atoms with Crippen molar-refractivity contribution >= 4 is 11.8 Å². The number of hydrogen-bond acceptors (Lipinski definition) is 3. The van der Waals surface area contributed by atoms with Crippen molar-refractivity contribution in [1.29, 1.82) is 0 Å². The zero-order valence-electron chi connectivity index (χ0n) is 5.22. The molecular formula is C5H13NOS. The maximum atomic E-state index is 4.80. The topological polar surface area (TPSA) is 35.2 Å². The van der Waals surface area contributed by atoms with Gasteiger partial charge in [-0.05, 0) is 24.9 Å². The van der Waals surface area contributed by atoms with Crippen molar-refractivity contribution in [2.45, 2.75) is 12.8 Å². The van der Waals surface area contributed by atoms with Crippen LogP contribution in [-0.4, -0.2) is 18.6 Å². The minimum Gasteiger partial charge on any atom is -0.305 e. The molecule has 0 rings (SSSR count). The van der Waals surface area contributed by atoms with Gasteiger partial charge in [-0.1, -0.05) is 0 Å². The summed E-state index contributed by atoms with van der Waals surface area (Å²) in [5.41, 5.74) is 0. The maximum Gasteiger partial charge on any atom is 0.0679 e. The van der Waals surface area contributed by atoms with E-state index in [1.807, 2.05) is 11.8 Å². The van der Waals surface area contributed by atoms with Gasteiger partial charge >= 0.3 is 0 Å². The summed E-state index contributed by atoms with van der Waals surface area (Å²) in [6.45, 7) is 0.695. The van der Waals surface area contributed by atoms with Crippen LogP contribution in [0.15, 0.2) is 0 Å². The zero-order chi connectivity index (χ0) is 6.24. The smallest absolute Gasteiger partial charge is 0.0679 e. The van der Waals surface area contributed by atoms with Gasteiger partial charge in [0, 0.05) is 0 Å². The average Bonchev–Trinajstić information content (AvgIpc) is 1.81. The van der Waals surface area contributed by atoms with E-state index in [1.165, 1.54) is 12.2 Å². The van der Waals surface area contributed by atoms with Crippen molar-refractivity contribution in [1.82, 2.24) is 0 Å². The largest absolute Gasteiger partial charge is 0.305 e. The van der Waals surface area contributed by atoms with Gasteiger partial charge in [0.25, 0.3) is 0 Å². The monoisotopic (exact) mass is 135 g/mol. The van der Waals surface area contributed by atoms with Crippen molar-refractivity contribution in [3.63, 3.8) is 0 Å². The molecule has 2 nitrogen and oxygen atoms in total. The van der Waals surface area contributed by atoms with Gasteiger partial charge < -0.3 is 4.84 Å². The summed E-state index contributed by atoms with van der Waals surface area (Å²) in [6, 6.07) is 0. The zero-order valence-corrected chi connectivity index (χ0v) is 6.04. The number of unbranched alkanes of at least 4 members (excludes halogenated alkanes) is 1. The summed E-state index contributed by atoms with van der Waals surface area (Å²) in [7, 11) is 0. The van der Waals surface area contributed by atoms with Gasteiger partial charge in [0.05, 0.1) is 6.61 Å². The van der Waals surface area contributed by atoms with Crippen molar-refractivity contribution < 1.29 is 4.84 Å². The summed E-state index contributed by atoms with van der Waals surface area (Å²) >= 11 is 1.86. The molecule has 0 amide bonds. The van der Waals surface area contributed by atoms with E-state index in [4.69, 9.17) is 5.90 Å². The van der Waals surface area contributed by atoms with E-state index in [0.717, 1.165) is 6.42 Å². The molecule has 0 aliphatic heterocycles. The molecule has 3 heteroatoms. The van der Waals surface area contributed by atoms with Gasteiger partial charge in [0.1, 0.15) is 0 Å². The number of thioether (sulfide) groups is 1. The highest BCUT2D eigenvalue weighted by Gasteiger charge is 1.84. The third-order valence-electron chi connectivity index (χ3n) is 0.861. The molecule has 0 aromatic rings. The summed E-state index contributed by atoms with van der Waals surface area (Å²) in [6.07, 6.45) is 4.39. The predicted molar refractivity (Wildman–Crippen MR) is 37.8 cm³/mol. The Labute approximate surface area is 54.7 Å². The summed E-state index contributed by atoms with van der Waals surface area (Å²) in [5.74, 6) is 6.02. The Kier molecular flexibility index (Phi) is 7.52. The summed E-state index contributed by atoms with van der Waals surface area (Å²) in [4.78, 5) is 4.38. The Bertz CT molecular complexity index is 37.4. The molecule has 0 unspecified atom stereocenters. The molecule has 0 aromatic heterocycles. The second-order valence-corrected chi connectivity index (χ2v) is 2.56. The first kappa shape index (κ1) is 8.27. The lowest BCUT2D eigenvalue weighted by Crippen LogP contribution is -2.00. The van der Waals surface area contributed by atoms with E-state index in [9.17, 15) is 0 Å². The molecule has 8 heavy (non-hydrogen) atoms. The Morgan fingerprint density at radius 1 is 1.50 bits per heavy atom. The molecule has 2 N–H and O–H groups in total. The van der Waals surface area contributed by atoms with Crippen LogP contribution in [0.2, 0.25) is 0 Å². The molecule has 0 radical (unpaired) electrons. The van der Waals surface area contributed by atoms with Crippen LogP contribution < -0.4 is 5.90 Å². The molecule has 0 heterocycles. The van der Waals surface area contributed by atoms with Crippen LogP contribution in [0.25, 0.3) is 0 Å². The van der Waals surface area contributed by atoms with Crippen molar-refractivity contribution in [3.05, 3.63) is 0 Å². The normalized spacial score (nSPS) is 9.75. The quantitative estimate of drug-likeness (QED) is 0.451. The van der Waals surface area contributed by atoms with E-state index in [0.29, 0.717) is 6.61 Å². The van der Waals surface area contributed by atoms with E-state index in [1.54, 1.807) is 0 Å². The standard InChI is InChI=1S/C5H13NOS/c1-8-5-3-2-4-7-6/h2-6H2,1H3. The van der Waals surface area contributed by atoms with Gasteiger partial charge in [0.15, 0.2) is 0 Å². The first-order valence-corrected chi connectivity index (χ1v) is 4.12. The van der Waals surface area contributed by atoms with E-state index in [-0.39, 0.29) is 0 Å². The molecule has 0 aliphatic carbocycles. The second-order valence-electron chi connectivity index (χ2n) is 1.57. The molecule has 0 fully saturated rings. The minimum atomic E-state index is 0.695. The van der Waals surface area contributed by atoms with Crippen LogP contribution in [0.1, 0.15) is 12.8 Å². The van der Waals surface area contributed by atoms with Crippen LogP contribution in [0, 0.1) is 0 Å². The van der Waals surface area contributed by atoms with Gasteiger partial charge in [-0.15, -0.1) is 0 Å². The highest BCUT2D eigenvalue weighted by atomic mass is 32.2. The van der Waals surface area contributed by atoms with E-state index >= 15 is 0 Å². The fourth-order valence-electron chi connectivity index (χ4n) is 0.432. The lowest BCUT2D eigenvalue weighted by Gasteiger charge is -1.94. The van der Waals surface area contributed by atoms with E-state index < -0.39 is 0 Å². The first-order chi connectivity index (χ1) is 3.91. The fraction of sp³-hybridized carbons (Fsp3) is 1.00. The Balaban J connectivity index is 2.53. The molecule has 0 saturated heterocycles. The van der Waals surface area contributed by atoms with Crippen LogP contribution in [0.5, 0.6) is 0 Å². The molecule has 0 atom stereocenters. The molecule has 0 bridgehead atoms. The number of hydrogen-bond donors (Lipinski definition) is 1. The molecule has 0 aromatic carbocycles. The van der Waals surface area contributed by atoms with Crippen molar-refractivity contribution in [2.75, 3.05) is 18.6 Å². The third kappa shape index (κ3) is 6.27. The Hall–Kier alpha value is 0.270. The lowest BCUT2D eigenvalue weighted by atomic mass is 10.4. The van der Waals surface area contributed by atoms with Crippen LogP contribution in [-0.2, 0) is 4.84 Å². The van der Waals surface area contributed by atoms with Gasteiger partial charge in [-0.25, -0.2) is 5.90 Å². The molecule has 0 saturated carbocycles. The second kappa shape index (κ2) is 7.27. The van der Waals surface area contributed by atoms with Gasteiger partial charge in [-0.2, -0.15) is 11.8 Å². The average molecular weight is 135 g/mol. The van der Waals surface area contributed by atoms with Crippen LogP contribution in [0.3, 0.4) is 0 Å². The molecular weight excluding hydrogens is 122 g/mol. The van der Waals surface area contributed by atoms with Crippen molar-refractivity contribution in [2.24, 2.45) is 5.90 Å². The van der Waals surface area contributed by atoms with Crippen LogP contribution >= 0.6 is 11.8 Å². The SMILES string of the molecule is CSCCCCON.